The summed E-state index contributed by atoms with van der Waals surface area (Å²) in [5, 5.41) is 11.7. The highest BCUT2D eigenvalue weighted by Crippen LogP contribution is 2.40. The van der Waals surface area contributed by atoms with Crippen molar-refractivity contribution in [3.63, 3.8) is 0 Å². The Morgan fingerprint density at radius 3 is 2.48 bits per heavy atom. The molecule has 5 nitrogen and oxygen atoms in total. The van der Waals surface area contributed by atoms with Crippen molar-refractivity contribution in [3.8, 4) is 0 Å². The van der Waals surface area contributed by atoms with Crippen LogP contribution in [0.5, 0.6) is 0 Å². The van der Waals surface area contributed by atoms with Crippen molar-refractivity contribution < 1.29 is 23.5 Å². The molecule has 1 atom stereocenters. The van der Waals surface area contributed by atoms with Crippen molar-refractivity contribution in [2.45, 2.75) is 22.1 Å². The molecule has 0 saturated carbocycles. The van der Waals surface area contributed by atoms with Crippen LogP contribution in [0.4, 0.5) is 13.8 Å². The van der Waals surface area contributed by atoms with E-state index in [1.807, 2.05) is 0 Å². The molecule has 4 N–H and O–H groups in total. The van der Waals surface area contributed by atoms with E-state index in [1.165, 1.54) is 19.1 Å². The van der Waals surface area contributed by atoms with E-state index in [9.17, 15) is 23.5 Å². The molecule has 1 unspecified atom stereocenters. The van der Waals surface area contributed by atoms with Gasteiger partial charge in [0.15, 0.2) is 0 Å². The molecule has 0 fully saturated rings. The van der Waals surface area contributed by atoms with Crippen molar-refractivity contribution in [2.75, 3.05) is 5.32 Å². The first-order valence-electron chi connectivity index (χ1n) is 6.34. The number of halogens is 2. The van der Waals surface area contributed by atoms with E-state index in [0.717, 1.165) is 35.2 Å². The summed E-state index contributed by atoms with van der Waals surface area (Å²) in [5.74, 6) is -3.00. The molecule has 23 heavy (non-hydrogen) atoms. The van der Waals surface area contributed by atoms with E-state index >= 15 is 0 Å². The second-order valence-corrected chi connectivity index (χ2v) is 6.85. The Labute approximate surface area is 138 Å². The number of nitrogens with one attached hydrogen (secondary N) is 1. The van der Waals surface area contributed by atoms with Crippen molar-refractivity contribution in [1.29, 1.82) is 0 Å². The van der Waals surface area contributed by atoms with E-state index in [1.54, 1.807) is 0 Å². The fraction of sp³-hybridized carbons (Fsp3) is 0.143. The van der Waals surface area contributed by atoms with E-state index in [4.69, 9.17) is 5.73 Å². The Morgan fingerprint density at radius 2 is 1.96 bits per heavy atom. The number of amides is 2. The Bertz CT molecular complexity index is 742. The zero-order valence-electron chi connectivity index (χ0n) is 11.8. The van der Waals surface area contributed by atoms with Gasteiger partial charge >= 0.3 is 0 Å². The number of carbonyl (C=O) groups is 2. The third-order valence-corrected chi connectivity index (χ3v) is 4.97. The molecule has 122 valence electrons. The van der Waals surface area contributed by atoms with Crippen molar-refractivity contribution in [1.82, 2.24) is 0 Å². The molecule has 2 aromatic rings. The maximum atomic E-state index is 13.7. The van der Waals surface area contributed by atoms with Crippen LogP contribution in [0.25, 0.3) is 0 Å². The lowest BCUT2D eigenvalue weighted by atomic mass is 10.3. The normalized spacial score (nSPS) is 12.0. The highest BCUT2D eigenvalue weighted by atomic mass is 32.2. The summed E-state index contributed by atoms with van der Waals surface area (Å²) in [6.45, 7) is 1.26. The molecule has 0 spiro atoms. The van der Waals surface area contributed by atoms with Crippen LogP contribution in [-0.2, 0) is 4.79 Å². The maximum Gasteiger partial charge on any atom is 0.253 e. The third-order valence-electron chi connectivity index (χ3n) is 2.71. The summed E-state index contributed by atoms with van der Waals surface area (Å²) in [7, 11) is 0. The highest BCUT2D eigenvalue weighted by Gasteiger charge is 2.20. The quantitative estimate of drug-likeness (QED) is 0.766. The number of carbonyl (C=O) groups excluding carboxylic acids is 2. The predicted molar refractivity (Wildman–Crippen MR) is 83.6 cm³/mol. The fourth-order valence-corrected chi connectivity index (χ4v) is 3.77. The van der Waals surface area contributed by atoms with Gasteiger partial charge in [-0.3, -0.25) is 9.59 Å². The zero-order chi connectivity index (χ0) is 17.1. The molecule has 9 heteroatoms. The number of nitrogens with two attached hydrogens (primary N) is 1. The zero-order valence-corrected chi connectivity index (χ0v) is 13.4. The summed E-state index contributed by atoms with van der Waals surface area (Å²) in [4.78, 5) is 22.7. The van der Waals surface area contributed by atoms with Gasteiger partial charge in [0.1, 0.15) is 22.7 Å². The van der Waals surface area contributed by atoms with Gasteiger partial charge in [0.05, 0.1) is 14.7 Å². The molecule has 0 aliphatic rings. The summed E-state index contributed by atoms with van der Waals surface area (Å²) in [6.07, 6.45) is -1.28. The molecule has 0 aliphatic carbocycles. The molecular weight excluding hydrogens is 346 g/mol. The topological polar surface area (TPSA) is 92.4 Å². The highest BCUT2D eigenvalue weighted by molar-refractivity contribution is 8.01. The number of rotatable bonds is 5. The lowest BCUT2D eigenvalue weighted by molar-refractivity contribution is -0.123. The van der Waals surface area contributed by atoms with Crippen LogP contribution in [0.3, 0.4) is 0 Å². The lowest BCUT2D eigenvalue weighted by Gasteiger charge is -2.05. The smallest absolute Gasteiger partial charge is 0.253 e. The standard InChI is InChI=1S/C14H12F2N2O3S2/c1-6(19)13(21)18-14-7(12(17)20)5-10(23-14)22-11-8(15)3-2-4-9(11)16/h2-6,19H,1H3,(H2,17,20)(H,18,21). The molecule has 0 bridgehead atoms. The first-order valence-corrected chi connectivity index (χ1v) is 7.97. The van der Waals surface area contributed by atoms with Gasteiger partial charge in [0.2, 0.25) is 0 Å². The third kappa shape index (κ3) is 4.06. The van der Waals surface area contributed by atoms with Crippen LogP contribution >= 0.6 is 23.1 Å². The molecule has 1 aromatic heterocycles. The maximum absolute atomic E-state index is 13.7. The number of hydrogen-bond donors (Lipinski definition) is 3. The minimum Gasteiger partial charge on any atom is -0.384 e. The Kier molecular flexibility index (Phi) is 5.34. The second-order valence-electron chi connectivity index (χ2n) is 4.49. The van der Waals surface area contributed by atoms with Crippen LogP contribution < -0.4 is 11.1 Å². The van der Waals surface area contributed by atoms with Crippen molar-refractivity contribution in [3.05, 3.63) is 41.5 Å². The van der Waals surface area contributed by atoms with Gasteiger partial charge in [-0.2, -0.15) is 0 Å². The molecule has 1 aromatic carbocycles. The minimum absolute atomic E-state index is 0.00301. The fourth-order valence-electron chi connectivity index (χ4n) is 1.59. The number of primary amides is 1. The van der Waals surface area contributed by atoms with E-state index in [-0.39, 0.29) is 15.5 Å². The molecule has 1 heterocycles. The van der Waals surface area contributed by atoms with E-state index in [0.29, 0.717) is 4.21 Å². The molecule has 0 saturated heterocycles. The number of thiophene rings is 1. The monoisotopic (exact) mass is 358 g/mol. The summed E-state index contributed by atoms with van der Waals surface area (Å²) in [5.41, 5.74) is 5.23. The average Bonchev–Trinajstić information content (AvgIpc) is 2.86. The molecular formula is C14H12F2N2O3S2. The number of aliphatic hydroxyl groups excluding tert-OH is 1. The van der Waals surface area contributed by atoms with Crippen LogP contribution in [0, 0.1) is 11.6 Å². The SMILES string of the molecule is CC(O)C(=O)Nc1sc(Sc2c(F)cccc2F)cc1C(N)=O. The Morgan fingerprint density at radius 1 is 1.35 bits per heavy atom. The number of benzene rings is 1. The number of anilines is 1. The first-order chi connectivity index (χ1) is 10.8. The van der Waals surface area contributed by atoms with Gasteiger partial charge in [0.25, 0.3) is 11.8 Å². The van der Waals surface area contributed by atoms with Crippen molar-refractivity contribution in [2.24, 2.45) is 5.73 Å². The van der Waals surface area contributed by atoms with Gasteiger partial charge in [-0.05, 0) is 25.1 Å². The van der Waals surface area contributed by atoms with Gasteiger partial charge in [0, 0.05) is 0 Å². The lowest BCUT2D eigenvalue weighted by Crippen LogP contribution is -2.25. The molecule has 0 radical (unpaired) electrons. The van der Waals surface area contributed by atoms with Gasteiger partial charge < -0.3 is 16.2 Å². The van der Waals surface area contributed by atoms with Crippen LogP contribution in [0.1, 0.15) is 17.3 Å². The van der Waals surface area contributed by atoms with E-state index < -0.39 is 29.6 Å². The largest absolute Gasteiger partial charge is 0.384 e. The second kappa shape index (κ2) is 7.07. The van der Waals surface area contributed by atoms with Gasteiger partial charge in [-0.25, -0.2) is 8.78 Å². The van der Waals surface area contributed by atoms with Crippen LogP contribution in [0.15, 0.2) is 33.4 Å². The predicted octanol–water partition coefficient (Wildman–Crippen LogP) is 2.60. The molecule has 0 aliphatic heterocycles. The molecule has 2 amide bonds. The van der Waals surface area contributed by atoms with Gasteiger partial charge in [-0.1, -0.05) is 17.8 Å². The average molecular weight is 358 g/mol. The summed E-state index contributed by atoms with van der Waals surface area (Å²) >= 11 is 1.71. The van der Waals surface area contributed by atoms with E-state index in [2.05, 4.69) is 5.32 Å². The number of hydrogen-bond acceptors (Lipinski definition) is 5. The number of aliphatic hydroxyl groups is 1. The van der Waals surface area contributed by atoms with Crippen LogP contribution in [-0.4, -0.2) is 23.0 Å². The minimum atomic E-state index is -1.28. The Hall–Kier alpha value is -1.97. The van der Waals surface area contributed by atoms with Crippen molar-refractivity contribution >= 4 is 39.9 Å². The molecule has 2 rings (SSSR count). The first kappa shape index (κ1) is 17.4. The Balaban J connectivity index is 2.34. The summed E-state index contributed by atoms with van der Waals surface area (Å²) in [6, 6.07) is 4.81. The van der Waals surface area contributed by atoms with Gasteiger partial charge in [-0.15, -0.1) is 11.3 Å². The van der Waals surface area contributed by atoms with Crippen LogP contribution in [0.2, 0.25) is 0 Å². The summed E-state index contributed by atoms with van der Waals surface area (Å²) < 4.78 is 27.7.